The molecule has 1 fully saturated rings. The van der Waals surface area contributed by atoms with Gasteiger partial charge in [-0.05, 0) is 85.5 Å². The van der Waals surface area contributed by atoms with Crippen LogP contribution in [0.2, 0.25) is 5.02 Å². The van der Waals surface area contributed by atoms with Crippen molar-refractivity contribution >= 4 is 83.2 Å². The second kappa shape index (κ2) is 10.8. The predicted octanol–water partition coefficient (Wildman–Crippen LogP) is 8.83. The molecule has 1 saturated heterocycles. The Morgan fingerprint density at radius 1 is 0.944 bits per heavy atom. The van der Waals surface area contributed by atoms with Gasteiger partial charge in [-0.2, -0.15) is 0 Å². The first-order chi connectivity index (χ1) is 17.4. The summed E-state index contributed by atoms with van der Waals surface area (Å²) in [5, 5.41) is 2.21. The normalized spacial score (nSPS) is 14.8. The second-order valence-corrected chi connectivity index (χ2v) is 11.3. The molecule has 8 heteroatoms. The fourth-order valence-corrected chi connectivity index (χ4v) is 6.02. The highest BCUT2D eigenvalue weighted by Crippen LogP contribution is 2.38. The van der Waals surface area contributed by atoms with Gasteiger partial charge in [0.05, 0.1) is 20.9 Å². The minimum atomic E-state index is -0.319. The average Bonchev–Trinajstić information content (AvgIpc) is 3.12. The summed E-state index contributed by atoms with van der Waals surface area (Å²) in [6.07, 6.45) is 1.68. The van der Waals surface area contributed by atoms with Crippen LogP contribution in [0.5, 0.6) is 5.75 Å². The Morgan fingerprint density at radius 2 is 1.69 bits per heavy atom. The maximum atomic E-state index is 13.1. The van der Waals surface area contributed by atoms with Gasteiger partial charge in [0.2, 0.25) is 0 Å². The molecule has 4 nitrogen and oxygen atoms in total. The summed E-state index contributed by atoms with van der Waals surface area (Å²) < 4.78 is 7.58. The molecular formula is C28H18Br2ClNO3S. The summed E-state index contributed by atoms with van der Waals surface area (Å²) in [6, 6.07) is 25.2. The summed E-state index contributed by atoms with van der Waals surface area (Å²) >= 11 is 14.4. The summed E-state index contributed by atoms with van der Waals surface area (Å²) in [5.41, 5.74) is 2.62. The molecule has 1 heterocycles. The first-order valence-electron chi connectivity index (χ1n) is 11.0. The highest BCUT2D eigenvalue weighted by atomic mass is 79.9. The molecule has 180 valence electrons. The highest BCUT2D eigenvalue weighted by molar-refractivity contribution is 9.10. The van der Waals surface area contributed by atoms with Crippen LogP contribution in [0.25, 0.3) is 16.8 Å². The zero-order chi connectivity index (χ0) is 25.2. The Morgan fingerprint density at radius 3 is 2.47 bits per heavy atom. The summed E-state index contributed by atoms with van der Waals surface area (Å²) in [6.45, 7) is 0.578. The molecule has 1 aliphatic heterocycles. The van der Waals surface area contributed by atoms with Crippen LogP contribution in [-0.4, -0.2) is 16.0 Å². The van der Waals surface area contributed by atoms with E-state index >= 15 is 0 Å². The molecule has 0 aromatic heterocycles. The largest absolute Gasteiger partial charge is 0.486 e. The molecular weight excluding hydrogens is 626 g/mol. The minimum absolute atomic E-state index is 0.219. The zero-order valence-corrected chi connectivity index (χ0v) is 23.5. The number of thioether (sulfide) groups is 1. The fraction of sp³-hybridized carbons (Fsp3) is 0.0714. The van der Waals surface area contributed by atoms with Crippen molar-refractivity contribution in [3.8, 4) is 5.75 Å². The van der Waals surface area contributed by atoms with Crippen molar-refractivity contribution in [1.29, 1.82) is 0 Å². The van der Waals surface area contributed by atoms with E-state index < -0.39 is 0 Å². The van der Waals surface area contributed by atoms with Crippen molar-refractivity contribution < 1.29 is 14.3 Å². The van der Waals surface area contributed by atoms with Gasteiger partial charge in [0.1, 0.15) is 6.61 Å². The van der Waals surface area contributed by atoms with Crippen LogP contribution in [0.1, 0.15) is 16.7 Å². The van der Waals surface area contributed by atoms with Gasteiger partial charge in [0.15, 0.2) is 5.75 Å². The SMILES string of the molecule is O=C1S/C(=C/c2cc(Cl)c(OCc3ccc(Br)cc3)c(Br)c2)C(=O)N1Cc1cccc2ccccc12. The van der Waals surface area contributed by atoms with E-state index in [2.05, 4.69) is 31.9 Å². The van der Waals surface area contributed by atoms with Crippen LogP contribution in [0.3, 0.4) is 0 Å². The molecule has 0 radical (unpaired) electrons. The molecule has 0 unspecified atom stereocenters. The number of benzene rings is 4. The van der Waals surface area contributed by atoms with Crippen LogP contribution < -0.4 is 4.74 Å². The highest BCUT2D eigenvalue weighted by Gasteiger charge is 2.35. The Kier molecular flexibility index (Phi) is 7.53. The van der Waals surface area contributed by atoms with Crippen molar-refractivity contribution in [1.82, 2.24) is 4.90 Å². The van der Waals surface area contributed by atoms with Crippen molar-refractivity contribution in [3.05, 3.63) is 114 Å². The third-order valence-corrected chi connectivity index (χ3v) is 8.00. The number of imide groups is 1. The third kappa shape index (κ3) is 5.39. The van der Waals surface area contributed by atoms with E-state index in [1.165, 1.54) is 4.90 Å². The van der Waals surface area contributed by atoms with Gasteiger partial charge < -0.3 is 4.74 Å². The number of rotatable bonds is 6. The van der Waals surface area contributed by atoms with E-state index in [1.54, 1.807) is 12.1 Å². The molecule has 1 aliphatic rings. The summed E-state index contributed by atoms with van der Waals surface area (Å²) in [4.78, 5) is 27.5. The fourth-order valence-electron chi connectivity index (χ4n) is 3.93. The van der Waals surface area contributed by atoms with Crippen molar-refractivity contribution in [2.24, 2.45) is 0 Å². The van der Waals surface area contributed by atoms with Crippen molar-refractivity contribution in [2.45, 2.75) is 13.2 Å². The van der Waals surface area contributed by atoms with Crippen LogP contribution in [-0.2, 0) is 17.9 Å². The Balaban J connectivity index is 1.34. The Labute approximate surface area is 234 Å². The molecule has 0 N–H and O–H groups in total. The number of fused-ring (bicyclic) bond motifs is 1. The number of carbonyl (C=O) groups excluding carboxylic acids is 2. The van der Waals surface area contributed by atoms with E-state index in [-0.39, 0.29) is 17.7 Å². The van der Waals surface area contributed by atoms with Crippen molar-refractivity contribution in [2.75, 3.05) is 0 Å². The van der Waals surface area contributed by atoms with Gasteiger partial charge in [-0.25, -0.2) is 0 Å². The second-order valence-electron chi connectivity index (χ2n) is 8.13. The zero-order valence-electron chi connectivity index (χ0n) is 18.7. The lowest BCUT2D eigenvalue weighted by atomic mass is 10.0. The average molecular weight is 644 g/mol. The van der Waals surface area contributed by atoms with Gasteiger partial charge in [0.25, 0.3) is 11.1 Å². The summed E-state index contributed by atoms with van der Waals surface area (Å²) in [7, 11) is 0. The molecule has 2 amide bonds. The minimum Gasteiger partial charge on any atom is -0.486 e. The molecule has 4 aromatic rings. The predicted molar refractivity (Wildman–Crippen MR) is 153 cm³/mol. The maximum Gasteiger partial charge on any atom is 0.293 e. The van der Waals surface area contributed by atoms with Crippen LogP contribution in [0.4, 0.5) is 4.79 Å². The molecule has 5 rings (SSSR count). The summed E-state index contributed by atoms with van der Waals surface area (Å²) in [5.74, 6) is 0.196. The number of hydrogen-bond donors (Lipinski definition) is 0. The smallest absolute Gasteiger partial charge is 0.293 e. The first-order valence-corrected chi connectivity index (χ1v) is 13.8. The number of ether oxygens (including phenoxy) is 1. The number of halogens is 3. The standard InChI is InChI=1S/C28H18Br2ClNO3S/c29-21-10-8-17(9-11-21)16-35-26-23(30)12-18(13-24(26)31)14-25-27(33)32(28(34)36-25)15-20-6-3-5-19-4-1-2-7-22(19)20/h1-14H,15-16H2/b25-14+. The Bertz CT molecular complexity index is 1490. The lowest BCUT2D eigenvalue weighted by molar-refractivity contribution is -0.123. The lowest BCUT2D eigenvalue weighted by Crippen LogP contribution is -2.27. The molecule has 4 aromatic carbocycles. The number of amides is 2. The number of hydrogen-bond acceptors (Lipinski definition) is 4. The van der Waals surface area contributed by atoms with Gasteiger partial charge in [-0.3, -0.25) is 14.5 Å². The van der Waals surface area contributed by atoms with E-state index in [0.29, 0.717) is 32.3 Å². The van der Waals surface area contributed by atoms with Gasteiger partial charge in [-0.1, -0.05) is 82.1 Å². The Hall–Kier alpha value is -2.58. The van der Waals surface area contributed by atoms with Crippen LogP contribution in [0.15, 0.2) is 92.7 Å². The van der Waals surface area contributed by atoms with Gasteiger partial charge in [-0.15, -0.1) is 0 Å². The lowest BCUT2D eigenvalue weighted by Gasteiger charge is -2.14. The van der Waals surface area contributed by atoms with Crippen LogP contribution in [0, 0.1) is 0 Å². The van der Waals surface area contributed by atoms with Gasteiger partial charge in [0, 0.05) is 4.47 Å². The molecule has 0 spiro atoms. The molecule has 0 bridgehead atoms. The maximum absolute atomic E-state index is 13.1. The number of carbonyl (C=O) groups is 2. The first kappa shape index (κ1) is 25.1. The molecule has 36 heavy (non-hydrogen) atoms. The molecule has 0 atom stereocenters. The van der Waals surface area contributed by atoms with Gasteiger partial charge >= 0.3 is 0 Å². The van der Waals surface area contributed by atoms with E-state index in [0.717, 1.165) is 38.1 Å². The molecule has 0 aliphatic carbocycles. The van der Waals surface area contributed by atoms with E-state index in [1.807, 2.05) is 72.8 Å². The van der Waals surface area contributed by atoms with Crippen molar-refractivity contribution in [3.63, 3.8) is 0 Å². The topological polar surface area (TPSA) is 46.6 Å². The van der Waals surface area contributed by atoms with Crippen LogP contribution >= 0.6 is 55.2 Å². The monoisotopic (exact) mass is 641 g/mol. The number of nitrogens with zero attached hydrogens (tertiary/aromatic N) is 1. The van der Waals surface area contributed by atoms with E-state index in [9.17, 15) is 9.59 Å². The quantitative estimate of drug-likeness (QED) is 0.197. The third-order valence-electron chi connectivity index (χ3n) is 5.70. The van der Waals surface area contributed by atoms with E-state index in [4.69, 9.17) is 16.3 Å². The molecule has 0 saturated carbocycles.